The van der Waals surface area contributed by atoms with Crippen LogP contribution in [0.15, 0.2) is 194 Å². The molecule has 0 unspecified atom stereocenters. The monoisotopic (exact) mass is 790 g/mol. The third-order valence-electron chi connectivity index (χ3n) is 12.6. The Morgan fingerprint density at radius 3 is 1.05 bits per heavy atom. The van der Waals surface area contributed by atoms with Gasteiger partial charge in [0.15, 0.2) is 0 Å². The number of aliphatic hydroxyl groups excluding tert-OH is 2. The molecule has 0 saturated heterocycles. The summed E-state index contributed by atoms with van der Waals surface area (Å²) in [6, 6.07) is 70.3. The van der Waals surface area contributed by atoms with E-state index in [9.17, 15) is 10.2 Å². The van der Waals surface area contributed by atoms with Gasteiger partial charge in [0.1, 0.15) is 24.7 Å². The normalized spacial score (nSPS) is 12.8. The number of hydrogen-bond donors (Lipinski definition) is 2. The molecule has 0 spiro atoms. The summed E-state index contributed by atoms with van der Waals surface area (Å²) in [6.07, 6.45) is 0. The van der Waals surface area contributed by atoms with Gasteiger partial charge in [-0.25, -0.2) is 0 Å². The summed E-state index contributed by atoms with van der Waals surface area (Å²) >= 11 is 0. The van der Waals surface area contributed by atoms with Crippen molar-refractivity contribution < 1.29 is 19.7 Å². The van der Waals surface area contributed by atoms with Crippen molar-refractivity contribution in [3.63, 3.8) is 0 Å². The molecule has 10 aromatic carbocycles. The number of aliphatic hydroxyl groups is 2. The molecule has 11 rings (SSSR count). The molecule has 0 fully saturated rings. The Labute approximate surface area is 354 Å². The lowest BCUT2D eigenvalue weighted by Crippen LogP contribution is -2.28. The maximum Gasteiger partial charge on any atom is 0.119 e. The molecule has 0 amide bonds. The van der Waals surface area contributed by atoms with E-state index in [-0.39, 0.29) is 26.4 Å². The molecule has 0 heterocycles. The Kier molecular flexibility index (Phi) is 9.11. The van der Waals surface area contributed by atoms with E-state index in [1.54, 1.807) is 0 Å². The van der Waals surface area contributed by atoms with Crippen LogP contribution in [-0.2, 0) is 5.41 Å². The van der Waals surface area contributed by atoms with Crippen LogP contribution < -0.4 is 9.47 Å². The minimum Gasteiger partial charge on any atom is -0.491 e. The Bertz CT molecular complexity index is 2950. The van der Waals surface area contributed by atoms with Crippen LogP contribution in [0, 0.1) is 0 Å². The second kappa shape index (κ2) is 15.1. The number of rotatable bonds is 10. The molecule has 0 radical (unpaired) electrons. The van der Waals surface area contributed by atoms with Crippen LogP contribution in [0.1, 0.15) is 22.3 Å². The Morgan fingerprint density at radius 1 is 0.361 bits per heavy atom. The predicted molar refractivity (Wildman–Crippen MR) is 250 cm³/mol. The molecular formula is C57H42O4. The molecule has 0 aromatic heterocycles. The van der Waals surface area contributed by atoms with Crippen molar-refractivity contribution in [3.05, 3.63) is 216 Å². The van der Waals surface area contributed by atoms with Crippen molar-refractivity contribution in [1.82, 2.24) is 0 Å². The van der Waals surface area contributed by atoms with Crippen molar-refractivity contribution in [2.45, 2.75) is 5.41 Å². The summed E-state index contributed by atoms with van der Waals surface area (Å²) in [5.41, 5.74) is 11.0. The highest BCUT2D eigenvalue weighted by atomic mass is 16.5. The van der Waals surface area contributed by atoms with Gasteiger partial charge in [0, 0.05) is 0 Å². The fraction of sp³-hybridized carbons (Fsp3) is 0.0877. The molecule has 10 aromatic rings. The van der Waals surface area contributed by atoms with Crippen LogP contribution >= 0.6 is 0 Å². The van der Waals surface area contributed by atoms with Crippen molar-refractivity contribution in [2.24, 2.45) is 0 Å². The van der Waals surface area contributed by atoms with Gasteiger partial charge in [-0.15, -0.1) is 0 Å². The highest BCUT2D eigenvalue weighted by molar-refractivity contribution is 6.15. The van der Waals surface area contributed by atoms with E-state index in [1.807, 2.05) is 24.3 Å². The molecular weight excluding hydrogens is 749 g/mol. The molecule has 4 nitrogen and oxygen atoms in total. The fourth-order valence-corrected chi connectivity index (χ4v) is 10.0. The zero-order chi connectivity index (χ0) is 40.9. The summed E-state index contributed by atoms with van der Waals surface area (Å²) in [5, 5.41) is 28.8. The molecule has 0 aliphatic heterocycles. The summed E-state index contributed by atoms with van der Waals surface area (Å²) < 4.78 is 11.8. The molecule has 0 atom stereocenters. The van der Waals surface area contributed by atoms with Gasteiger partial charge in [-0.2, -0.15) is 0 Å². The Balaban J connectivity index is 1.23. The van der Waals surface area contributed by atoms with E-state index in [0.717, 1.165) is 22.3 Å². The molecule has 1 aliphatic rings. The first-order chi connectivity index (χ1) is 30.1. The molecule has 2 N–H and O–H groups in total. The average Bonchev–Trinajstić information content (AvgIpc) is 3.61. The van der Waals surface area contributed by atoms with Crippen LogP contribution in [-0.4, -0.2) is 36.6 Å². The maximum atomic E-state index is 9.53. The molecule has 0 saturated carbocycles. The Hall–Kier alpha value is -7.24. The van der Waals surface area contributed by atoms with Crippen LogP contribution in [0.5, 0.6) is 11.5 Å². The lowest BCUT2D eigenvalue weighted by molar-refractivity contribution is 0.201. The van der Waals surface area contributed by atoms with Crippen molar-refractivity contribution in [3.8, 4) is 44.9 Å². The summed E-state index contributed by atoms with van der Waals surface area (Å²) in [4.78, 5) is 0. The van der Waals surface area contributed by atoms with E-state index in [0.29, 0.717) is 11.5 Å². The molecule has 0 bridgehead atoms. The smallest absolute Gasteiger partial charge is 0.119 e. The first-order valence-corrected chi connectivity index (χ1v) is 21.0. The largest absolute Gasteiger partial charge is 0.491 e. The van der Waals surface area contributed by atoms with Crippen molar-refractivity contribution in [1.29, 1.82) is 0 Å². The van der Waals surface area contributed by atoms with E-state index in [1.165, 1.54) is 76.5 Å². The second-order valence-corrected chi connectivity index (χ2v) is 15.9. The second-order valence-electron chi connectivity index (χ2n) is 15.9. The van der Waals surface area contributed by atoms with Crippen LogP contribution in [0.3, 0.4) is 0 Å². The zero-order valence-electron chi connectivity index (χ0n) is 33.5. The van der Waals surface area contributed by atoms with Gasteiger partial charge in [-0.1, -0.05) is 146 Å². The predicted octanol–water partition coefficient (Wildman–Crippen LogP) is 12.7. The lowest BCUT2D eigenvalue weighted by Gasteiger charge is -2.34. The van der Waals surface area contributed by atoms with Crippen molar-refractivity contribution >= 4 is 43.1 Å². The molecule has 1 aliphatic carbocycles. The maximum absolute atomic E-state index is 9.53. The van der Waals surface area contributed by atoms with Crippen molar-refractivity contribution in [2.75, 3.05) is 26.4 Å². The molecule has 294 valence electrons. The van der Waals surface area contributed by atoms with E-state index < -0.39 is 5.41 Å². The van der Waals surface area contributed by atoms with Gasteiger partial charge in [0.25, 0.3) is 0 Å². The summed E-state index contributed by atoms with van der Waals surface area (Å²) in [7, 11) is 0. The third-order valence-corrected chi connectivity index (χ3v) is 12.6. The van der Waals surface area contributed by atoms with Gasteiger partial charge in [0.05, 0.1) is 18.6 Å². The fourth-order valence-electron chi connectivity index (χ4n) is 10.0. The van der Waals surface area contributed by atoms with Gasteiger partial charge in [-0.05, 0) is 147 Å². The van der Waals surface area contributed by atoms with Gasteiger partial charge >= 0.3 is 0 Å². The van der Waals surface area contributed by atoms with Gasteiger partial charge in [-0.3, -0.25) is 0 Å². The van der Waals surface area contributed by atoms with E-state index in [4.69, 9.17) is 9.47 Å². The standard InChI is InChI=1S/C57H42O4/c58-29-31-60-45-23-19-43(20-24-45)57(44-21-25-46(26-22-44)61-32-30-59)53-27-17-41(55-47-13-5-1-9-37(47)33-38-10-2-6-14-48(38)55)35-51(53)52-36-42(18-28-54(52)57)56-49-15-7-3-11-39(49)34-40-12-4-8-16-50(40)56/h1-28,33-36,58-59H,29-32H2. The molecule has 61 heavy (non-hydrogen) atoms. The number of hydrogen-bond acceptors (Lipinski definition) is 4. The van der Waals surface area contributed by atoms with Gasteiger partial charge in [0.2, 0.25) is 0 Å². The number of ether oxygens (including phenoxy) is 2. The average molecular weight is 791 g/mol. The first kappa shape index (κ1) is 36.8. The summed E-state index contributed by atoms with van der Waals surface area (Å²) in [5.74, 6) is 1.41. The summed E-state index contributed by atoms with van der Waals surface area (Å²) in [6.45, 7) is 0.338. The third kappa shape index (κ3) is 5.98. The number of fused-ring (bicyclic) bond motifs is 7. The van der Waals surface area contributed by atoms with Crippen LogP contribution in [0.2, 0.25) is 0 Å². The minimum absolute atomic E-state index is 0.0558. The minimum atomic E-state index is -0.714. The molecule has 4 heteroatoms. The zero-order valence-corrected chi connectivity index (χ0v) is 33.5. The lowest BCUT2D eigenvalue weighted by atomic mass is 9.67. The topological polar surface area (TPSA) is 58.9 Å². The van der Waals surface area contributed by atoms with E-state index in [2.05, 4.69) is 170 Å². The quantitative estimate of drug-likeness (QED) is 0.135. The van der Waals surface area contributed by atoms with Crippen LogP contribution in [0.25, 0.3) is 76.5 Å². The highest BCUT2D eigenvalue weighted by Gasteiger charge is 2.46. The highest BCUT2D eigenvalue weighted by Crippen LogP contribution is 2.58. The van der Waals surface area contributed by atoms with E-state index >= 15 is 0 Å². The van der Waals surface area contributed by atoms with Crippen LogP contribution in [0.4, 0.5) is 0 Å². The number of benzene rings is 10. The Morgan fingerprint density at radius 2 is 0.705 bits per heavy atom. The SMILES string of the molecule is OCCOc1ccc(C2(c3ccc(OCCO)cc3)c3ccc(-c4c5ccccc5cc5ccccc45)cc3-c3cc(-c4c5ccccc5cc5ccccc45)ccc32)cc1. The first-order valence-electron chi connectivity index (χ1n) is 21.0. The van der Waals surface area contributed by atoms with Gasteiger partial charge < -0.3 is 19.7 Å².